The number of nitrogens with one attached hydrogen (secondary N) is 7. The topological polar surface area (TPSA) is 348 Å². The second-order valence-electron chi connectivity index (χ2n) is 26.7. The Morgan fingerprint density at radius 2 is 1.33 bits per heavy atom. The maximum Gasteiger partial charge on any atom is 0.408 e. The SMILES string of the molecule is CC[C@H](C)C([C@@H](CC(=O)N1CCC[C@H]1[C@H](OC)[C@@H](C)C(=O)N[C@H](C)C(NC(=O)OCc1ccc(NC(=O)C(CCCNC(N)=O)NC(=O)[C@@H](NC(=O)CCCCCN2C(=O)C=CC2=O)C(C)C)cc1)c1ccc(OC)cc1)OC)N(C)C(=O)[C@@H](NC(=O)[C@H](C(C)C)N(C)C)C(C)C. The van der Waals surface area contributed by atoms with Crippen LogP contribution in [-0.4, -0.2) is 201 Å². The molecule has 3 unspecified atom stereocenters. The largest absolute Gasteiger partial charge is 0.497 e. The molecule has 1 fully saturated rings. The number of anilines is 1. The van der Waals surface area contributed by atoms with Crippen molar-refractivity contribution in [2.45, 2.75) is 201 Å². The molecular formula is C70H110N12O15. The van der Waals surface area contributed by atoms with Gasteiger partial charge < -0.3 is 71.7 Å². The van der Waals surface area contributed by atoms with Crippen LogP contribution in [-0.2, 0) is 64.0 Å². The van der Waals surface area contributed by atoms with Crippen LogP contribution in [0.5, 0.6) is 5.75 Å². The summed E-state index contributed by atoms with van der Waals surface area (Å²) < 4.78 is 23.3. The first-order valence-electron chi connectivity index (χ1n) is 33.9. The Labute approximate surface area is 572 Å². The van der Waals surface area contributed by atoms with E-state index in [2.05, 4.69) is 37.2 Å². The number of nitrogens with two attached hydrogens (primary N) is 1. The number of nitrogens with zero attached hydrogens (tertiary/aromatic N) is 4. The van der Waals surface area contributed by atoms with Crippen molar-refractivity contribution in [1.29, 1.82) is 0 Å². The smallest absolute Gasteiger partial charge is 0.408 e. The number of amides is 12. The van der Waals surface area contributed by atoms with Crippen molar-refractivity contribution in [2.24, 2.45) is 35.3 Å². The molecule has 97 heavy (non-hydrogen) atoms. The van der Waals surface area contributed by atoms with E-state index in [9.17, 15) is 52.7 Å². The molecule has 1 saturated heterocycles. The number of primary amides is 1. The molecule has 540 valence electrons. The van der Waals surface area contributed by atoms with Gasteiger partial charge in [0.1, 0.15) is 30.5 Å². The van der Waals surface area contributed by atoms with Crippen LogP contribution in [0.25, 0.3) is 0 Å². The van der Waals surface area contributed by atoms with E-state index in [0.717, 1.165) is 4.90 Å². The van der Waals surface area contributed by atoms with E-state index >= 15 is 0 Å². The lowest BCUT2D eigenvalue weighted by Crippen LogP contribution is -2.59. The summed E-state index contributed by atoms with van der Waals surface area (Å²) in [6.45, 7) is 19.3. The standard InChI is InChI=1S/C70H110N12O15/c1-17-44(8)62(80(13)68(91)59(42(4)5)77-67(90)61(43(6)7)79(11)12)53(95-15)39-57(86)81-38-22-24-52(81)63(96-16)45(9)64(87)73-46(10)60(48-28-32-50(94-14)33-29-48)78-70(93)97-40-47-26-30-49(31-27-47)74-65(88)51(23-21-36-72-69(71)92)75-66(89)58(41(2)3)76-54(83)25-19-18-20-37-82-55(84)34-35-56(82)85/h26-35,41-46,51-53,58-63H,17-25,36-40H2,1-16H3,(H,73,87)(H,74,88)(H,75,89)(H,76,83)(H,77,90)(H,78,93)(H3,71,72,92)/t44-,45+,46+,51?,52-,53+,58-,59-,60?,61-,62?,63+/m0/s1. The fourth-order valence-electron chi connectivity index (χ4n) is 12.6. The minimum atomic E-state index is -1.11. The molecule has 2 aromatic rings. The number of hydrogen-bond acceptors (Lipinski definition) is 16. The highest BCUT2D eigenvalue weighted by Crippen LogP contribution is 2.31. The van der Waals surface area contributed by atoms with Gasteiger partial charge in [-0.05, 0) is 119 Å². The Morgan fingerprint density at radius 3 is 1.89 bits per heavy atom. The predicted molar refractivity (Wildman–Crippen MR) is 367 cm³/mol. The highest BCUT2D eigenvalue weighted by atomic mass is 16.5. The van der Waals surface area contributed by atoms with Crippen LogP contribution >= 0.6 is 0 Å². The first-order valence-corrected chi connectivity index (χ1v) is 33.9. The Morgan fingerprint density at radius 1 is 0.691 bits per heavy atom. The second kappa shape index (κ2) is 39.9. The third kappa shape index (κ3) is 24.4. The van der Waals surface area contributed by atoms with Gasteiger partial charge in [0.15, 0.2) is 0 Å². The molecule has 2 aromatic carbocycles. The number of benzene rings is 2. The third-order valence-electron chi connectivity index (χ3n) is 18.2. The molecule has 0 aromatic heterocycles. The lowest BCUT2D eigenvalue weighted by atomic mass is 9.89. The first-order chi connectivity index (χ1) is 45.9. The van der Waals surface area contributed by atoms with Crippen molar-refractivity contribution in [3.8, 4) is 5.75 Å². The van der Waals surface area contributed by atoms with Crippen LogP contribution < -0.4 is 47.7 Å². The van der Waals surface area contributed by atoms with Gasteiger partial charge in [0, 0.05) is 65.2 Å². The third-order valence-corrected chi connectivity index (χ3v) is 18.2. The van der Waals surface area contributed by atoms with Crippen molar-refractivity contribution < 1.29 is 71.7 Å². The highest BCUT2D eigenvalue weighted by molar-refractivity contribution is 6.12. The number of unbranched alkanes of at least 4 members (excludes halogenated alkanes) is 2. The number of imide groups is 1. The normalized spacial score (nSPS) is 17.3. The summed E-state index contributed by atoms with van der Waals surface area (Å²) >= 11 is 0. The van der Waals surface area contributed by atoms with Gasteiger partial charge in [-0.15, -0.1) is 0 Å². The zero-order valence-electron chi connectivity index (χ0n) is 59.8. The van der Waals surface area contributed by atoms with Gasteiger partial charge in [0.2, 0.25) is 41.4 Å². The van der Waals surface area contributed by atoms with Gasteiger partial charge in [-0.1, -0.05) is 99.4 Å². The summed E-state index contributed by atoms with van der Waals surface area (Å²) in [5, 5.41) is 19.9. The van der Waals surface area contributed by atoms with Crippen molar-refractivity contribution in [2.75, 3.05) is 67.4 Å². The molecule has 12 amide bonds. The quantitative estimate of drug-likeness (QED) is 0.0309. The molecule has 12 atom stereocenters. The summed E-state index contributed by atoms with van der Waals surface area (Å²) in [5.74, 6) is -4.40. The zero-order valence-corrected chi connectivity index (χ0v) is 59.8. The molecule has 9 N–H and O–H groups in total. The Bertz CT molecular complexity index is 2950. The molecule has 0 radical (unpaired) electrons. The summed E-state index contributed by atoms with van der Waals surface area (Å²) in [6, 6.07) is 6.70. The number of rotatable bonds is 40. The maximum absolute atomic E-state index is 14.6. The van der Waals surface area contributed by atoms with Gasteiger partial charge in [-0.2, -0.15) is 0 Å². The van der Waals surface area contributed by atoms with E-state index < -0.39 is 96.3 Å². The Balaban J connectivity index is 1.42. The fourth-order valence-corrected chi connectivity index (χ4v) is 12.6. The summed E-state index contributed by atoms with van der Waals surface area (Å²) in [4.78, 5) is 153. The van der Waals surface area contributed by atoms with Crippen molar-refractivity contribution >= 4 is 71.0 Å². The second-order valence-corrected chi connectivity index (χ2v) is 26.7. The molecule has 0 spiro atoms. The lowest BCUT2D eigenvalue weighted by molar-refractivity contribution is -0.148. The lowest BCUT2D eigenvalue weighted by Gasteiger charge is -2.41. The maximum atomic E-state index is 14.6. The van der Waals surface area contributed by atoms with Crippen molar-refractivity contribution in [3.63, 3.8) is 0 Å². The van der Waals surface area contributed by atoms with Crippen LogP contribution in [0.3, 0.4) is 0 Å². The van der Waals surface area contributed by atoms with Crippen molar-refractivity contribution in [1.82, 2.24) is 51.5 Å². The number of alkyl carbamates (subject to hydrolysis) is 1. The van der Waals surface area contributed by atoms with Gasteiger partial charge in [-0.3, -0.25) is 53.0 Å². The molecule has 2 heterocycles. The first kappa shape index (κ1) is 81.3. The Hall–Kier alpha value is -8.17. The number of likely N-dealkylation sites (N-methyl/N-ethyl adjacent to an activating group) is 2. The minimum absolute atomic E-state index is 0.00686. The fraction of sp³-hybridized carbons (Fsp3) is 0.643. The number of ether oxygens (including phenoxy) is 4. The number of methoxy groups -OCH3 is 3. The van der Waals surface area contributed by atoms with Crippen molar-refractivity contribution in [3.05, 3.63) is 71.8 Å². The number of likely N-dealkylation sites (tertiary alicyclic amines) is 1. The average Bonchev–Trinajstić information content (AvgIpc) is 1.80. The molecule has 0 bridgehead atoms. The van der Waals surface area contributed by atoms with E-state index in [0.29, 0.717) is 67.6 Å². The number of carbonyl (C=O) groups is 11. The Kier molecular flexibility index (Phi) is 33.4. The minimum Gasteiger partial charge on any atom is -0.497 e. The summed E-state index contributed by atoms with van der Waals surface area (Å²) in [7, 11) is 9.93. The van der Waals surface area contributed by atoms with E-state index in [1.54, 1.807) is 93.1 Å². The van der Waals surface area contributed by atoms with E-state index in [4.69, 9.17) is 24.7 Å². The van der Waals surface area contributed by atoms with Crippen LogP contribution in [0, 0.1) is 29.6 Å². The van der Waals surface area contributed by atoms with Crippen LogP contribution in [0.1, 0.15) is 151 Å². The van der Waals surface area contributed by atoms with Gasteiger partial charge in [-0.25, -0.2) is 9.59 Å². The monoisotopic (exact) mass is 1360 g/mol. The van der Waals surface area contributed by atoms with Gasteiger partial charge >= 0.3 is 12.1 Å². The predicted octanol–water partition coefficient (Wildman–Crippen LogP) is 5.31. The molecule has 0 aliphatic carbocycles. The van der Waals surface area contributed by atoms with Crippen LogP contribution in [0.4, 0.5) is 15.3 Å². The number of urea groups is 1. The van der Waals surface area contributed by atoms with E-state index in [-0.39, 0.29) is 104 Å². The molecular weight excluding hydrogens is 1250 g/mol. The van der Waals surface area contributed by atoms with E-state index in [1.165, 1.54) is 33.5 Å². The summed E-state index contributed by atoms with van der Waals surface area (Å²) in [5.41, 5.74) is 6.77. The zero-order chi connectivity index (χ0) is 72.4. The molecule has 27 heteroatoms. The van der Waals surface area contributed by atoms with E-state index in [1.807, 2.05) is 60.5 Å². The molecule has 27 nitrogen and oxygen atoms in total. The van der Waals surface area contributed by atoms with Gasteiger partial charge in [0.05, 0.1) is 61.9 Å². The highest BCUT2D eigenvalue weighted by Gasteiger charge is 2.44. The number of hydrogen-bond donors (Lipinski definition) is 8. The van der Waals surface area contributed by atoms with Crippen LogP contribution in [0.15, 0.2) is 60.7 Å². The molecule has 2 aliphatic heterocycles. The molecule has 4 rings (SSSR count). The number of carbonyl (C=O) groups excluding carboxylic acids is 11. The summed E-state index contributed by atoms with van der Waals surface area (Å²) in [6.07, 6.45) is 3.94. The molecule has 2 aliphatic rings. The molecule has 0 saturated carbocycles. The average molecular weight is 1360 g/mol. The van der Waals surface area contributed by atoms with Crippen LogP contribution in [0.2, 0.25) is 0 Å². The van der Waals surface area contributed by atoms with Gasteiger partial charge in [0.25, 0.3) is 11.8 Å².